The number of phosphoric acid groups is 1. The molecule has 0 saturated carbocycles. The summed E-state index contributed by atoms with van der Waals surface area (Å²) in [5, 5.41) is 3.03. The molecular weight excluding hydrogens is 916 g/mol. The van der Waals surface area contributed by atoms with Crippen molar-refractivity contribution in [3.8, 4) is 0 Å². The summed E-state index contributed by atoms with van der Waals surface area (Å²) in [5.74, 6) is -0.562. The largest absolute Gasteiger partial charge is 0.472 e. The number of carbonyl (C=O) groups is 2. The first-order valence-electron chi connectivity index (χ1n) is 29.1. The summed E-state index contributed by atoms with van der Waals surface area (Å²) in [6, 6.07) is -0.875. The number of likely N-dealkylation sites (N-methyl/N-ethyl adjacent to an activating group) is 1. The third-order valence-corrected chi connectivity index (χ3v) is 13.3. The average molecular weight is 1030 g/mol. The van der Waals surface area contributed by atoms with Gasteiger partial charge in [0.25, 0.3) is 0 Å². The lowest BCUT2D eigenvalue weighted by Crippen LogP contribution is -2.47. The quantitative estimate of drug-likeness (QED) is 0.0156. The molecule has 0 aromatic carbocycles. The van der Waals surface area contributed by atoms with Gasteiger partial charge in [-0.05, 0) is 102 Å². The topological polar surface area (TPSA) is 111 Å². The minimum atomic E-state index is -4.46. The van der Waals surface area contributed by atoms with E-state index in [0.717, 1.165) is 116 Å². The summed E-state index contributed by atoms with van der Waals surface area (Å²) in [4.78, 5) is 37.6. The molecule has 0 rings (SSSR count). The Morgan fingerprint density at radius 3 is 1.46 bits per heavy atom. The van der Waals surface area contributed by atoms with Crippen LogP contribution in [-0.2, 0) is 27.9 Å². The van der Waals surface area contributed by atoms with Gasteiger partial charge >= 0.3 is 13.8 Å². The van der Waals surface area contributed by atoms with Crippen LogP contribution in [0.5, 0.6) is 0 Å². The zero-order chi connectivity index (χ0) is 52.9. The first-order chi connectivity index (χ1) is 34.9. The molecule has 2 N–H and O–H groups in total. The minimum absolute atomic E-state index is 0.0268. The van der Waals surface area contributed by atoms with Crippen LogP contribution in [0.4, 0.5) is 0 Å². The minimum Gasteiger partial charge on any atom is -0.456 e. The fraction of sp³-hybridized carbons (Fsp3) is 0.710. The van der Waals surface area contributed by atoms with Crippen molar-refractivity contribution in [2.45, 2.75) is 245 Å². The van der Waals surface area contributed by atoms with Crippen LogP contribution in [-0.4, -0.2) is 74.3 Å². The Morgan fingerprint density at radius 2 is 0.931 bits per heavy atom. The summed E-state index contributed by atoms with van der Waals surface area (Å²) in [5.41, 5.74) is 0. The number of hydrogen-bond acceptors (Lipinski definition) is 6. The van der Waals surface area contributed by atoms with Gasteiger partial charge in [-0.2, -0.15) is 0 Å². The van der Waals surface area contributed by atoms with Gasteiger partial charge in [0.05, 0.1) is 33.8 Å². The molecule has 0 aromatic rings. The van der Waals surface area contributed by atoms with Crippen molar-refractivity contribution in [3.05, 3.63) is 97.2 Å². The first kappa shape index (κ1) is 68.9. The fourth-order valence-corrected chi connectivity index (χ4v) is 8.52. The Balaban J connectivity index is 5.42. The van der Waals surface area contributed by atoms with Crippen LogP contribution in [0.3, 0.4) is 0 Å². The molecule has 0 aliphatic carbocycles. The van der Waals surface area contributed by atoms with Crippen molar-refractivity contribution in [1.29, 1.82) is 0 Å². The second-order valence-electron chi connectivity index (χ2n) is 20.5. The number of phosphoric ester groups is 1. The zero-order valence-electron chi connectivity index (χ0n) is 47.1. The maximum atomic E-state index is 13.5. The molecule has 0 spiro atoms. The highest BCUT2D eigenvalue weighted by atomic mass is 31.2. The molecule has 72 heavy (non-hydrogen) atoms. The summed E-state index contributed by atoms with van der Waals surface area (Å²) < 4.78 is 30.6. The highest BCUT2D eigenvalue weighted by Gasteiger charge is 2.30. The molecule has 0 heterocycles. The molecule has 0 saturated heterocycles. The molecule has 0 radical (unpaired) electrons. The lowest BCUT2D eigenvalue weighted by atomic mass is 10.0. The molecule has 10 heteroatoms. The van der Waals surface area contributed by atoms with Gasteiger partial charge in [-0.3, -0.25) is 18.6 Å². The maximum absolute atomic E-state index is 13.5. The maximum Gasteiger partial charge on any atom is 0.472 e. The average Bonchev–Trinajstić information content (AvgIpc) is 3.34. The standard InChI is InChI=1S/C62H109N2O7P/c1-7-10-13-16-19-22-25-28-30-31-32-33-35-36-39-42-45-48-51-54-61(65)63-59(58-70-72(67,68)69-57-56-64(4,5)6)60(53-50-47-44-41-38-27-24-21-18-15-12-9-3)71-62(66)55-52-49-46-43-40-37-34-29-26-23-20-17-14-11-8-2/h10,13,19-20,22-23,26,28-30,32-33,36,39,50,53,59-60H,7-9,11-12,14-18,21,24-25,27,31,34-35,37-38,40-49,51-52,54-58H2,1-6H3,(H-,63,65,67,68)/p+1/b13-10-,22-19-,23-20+,29-26+,30-28-,33-32-,39-36-,53-50-. The number of allylic oxidation sites excluding steroid dienone is 15. The van der Waals surface area contributed by atoms with Crippen molar-refractivity contribution < 1.29 is 37.3 Å². The predicted molar refractivity (Wildman–Crippen MR) is 309 cm³/mol. The van der Waals surface area contributed by atoms with E-state index in [4.69, 9.17) is 13.8 Å². The number of carbonyl (C=O) groups excluding carboxylic acids is 2. The molecule has 0 aromatic heterocycles. The second-order valence-corrected chi connectivity index (χ2v) is 21.9. The van der Waals surface area contributed by atoms with E-state index in [9.17, 15) is 19.0 Å². The first-order valence-corrected chi connectivity index (χ1v) is 30.6. The van der Waals surface area contributed by atoms with Gasteiger partial charge in [-0.15, -0.1) is 0 Å². The number of rotatable bonds is 51. The summed E-state index contributed by atoms with van der Waals surface area (Å²) >= 11 is 0. The van der Waals surface area contributed by atoms with Crippen LogP contribution < -0.4 is 5.32 Å². The molecule has 0 bridgehead atoms. The normalized spacial score (nSPS) is 14.5. The van der Waals surface area contributed by atoms with Gasteiger partial charge < -0.3 is 19.4 Å². The Morgan fingerprint density at radius 1 is 0.514 bits per heavy atom. The van der Waals surface area contributed by atoms with Crippen LogP contribution in [0.1, 0.15) is 233 Å². The molecule has 414 valence electrons. The molecule has 1 amide bonds. The lowest BCUT2D eigenvalue weighted by molar-refractivity contribution is -0.870. The van der Waals surface area contributed by atoms with Crippen LogP contribution in [0.25, 0.3) is 0 Å². The van der Waals surface area contributed by atoms with Crippen molar-refractivity contribution in [1.82, 2.24) is 5.32 Å². The van der Waals surface area contributed by atoms with E-state index in [1.807, 2.05) is 33.3 Å². The molecule has 3 atom stereocenters. The van der Waals surface area contributed by atoms with E-state index in [0.29, 0.717) is 17.4 Å². The van der Waals surface area contributed by atoms with Crippen molar-refractivity contribution >= 4 is 19.7 Å². The number of ether oxygens (including phenoxy) is 1. The van der Waals surface area contributed by atoms with Gasteiger partial charge in [0, 0.05) is 12.8 Å². The highest BCUT2D eigenvalue weighted by molar-refractivity contribution is 7.47. The monoisotopic (exact) mass is 1030 g/mol. The SMILES string of the molecule is CC/C=C\C/C=C\C/C=C\C/C=C\C/C=C\CCCCCC(=O)NC(COP(=O)(O)OCC[N+](C)(C)C)C(/C=C\CCCCCCCCCCCC)OC(=O)CCCCCCCC/C=C/C=C/CCCCC. The van der Waals surface area contributed by atoms with Crippen LogP contribution >= 0.6 is 7.82 Å². The van der Waals surface area contributed by atoms with Crippen molar-refractivity contribution in [2.75, 3.05) is 40.9 Å². The number of esters is 1. The predicted octanol–water partition coefficient (Wildman–Crippen LogP) is 17.6. The molecule has 9 nitrogen and oxygen atoms in total. The van der Waals surface area contributed by atoms with Crippen LogP contribution in [0, 0.1) is 0 Å². The lowest BCUT2D eigenvalue weighted by Gasteiger charge is -2.27. The van der Waals surface area contributed by atoms with E-state index in [1.165, 1.54) is 77.0 Å². The van der Waals surface area contributed by atoms with Crippen LogP contribution in [0.2, 0.25) is 0 Å². The fourth-order valence-electron chi connectivity index (χ4n) is 7.78. The van der Waals surface area contributed by atoms with E-state index < -0.39 is 20.0 Å². The number of quaternary nitrogens is 1. The molecule has 0 aliphatic heterocycles. The van der Waals surface area contributed by atoms with E-state index >= 15 is 0 Å². The number of amides is 1. The van der Waals surface area contributed by atoms with Gasteiger partial charge in [0.15, 0.2) is 0 Å². The van der Waals surface area contributed by atoms with Gasteiger partial charge in [0.1, 0.15) is 19.3 Å². The van der Waals surface area contributed by atoms with Crippen LogP contribution in [0.15, 0.2) is 97.2 Å². The second kappa shape index (κ2) is 51.4. The zero-order valence-corrected chi connectivity index (χ0v) is 48.0. The summed E-state index contributed by atoms with van der Waals surface area (Å²) in [7, 11) is 1.45. The Labute approximate surface area is 443 Å². The van der Waals surface area contributed by atoms with E-state index in [-0.39, 0.29) is 37.9 Å². The van der Waals surface area contributed by atoms with Crippen molar-refractivity contribution in [3.63, 3.8) is 0 Å². The third-order valence-electron chi connectivity index (χ3n) is 12.3. The number of unbranched alkanes of at least 4 members (excludes halogenated alkanes) is 22. The molecule has 0 fully saturated rings. The summed E-state index contributed by atoms with van der Waals surface area (Å²) in [6.45, 7) is 6.82. The highest BCUT2D eigenvalue weighted by Crippen LogP contribution is 2.43. The molecule has 0 aliphatic rings. The van der Waals surface area contributed by atoms with Gasteiger partial charge in [-0.1, -0.05) is 215 Å². The number of hydrogen-bond donors (Lipinski definition) is 2. The van der Waals surface area contributed by atoms with E-state index in [2.05, 4.69) is 111 Å². The Bertz CT molecular complexity index is 1560. The third kappa shape index (κ3) is 51.8. The summed E-state index contributed by atoms with van der Waals surface area (Å²) in [6.07, 6.45) is 68.3. The van der Waals surface area contributed by atoms with Crippen molar-refractivity contribution in [2.24, 2.45) is 0 Å². The Hall–Kier alpha value is -3.07. The van der Waals surface area contributed by atoms with Gasteiger partial charge in [-0.25, -0.2) is 4.57 Å². The Kier molecular flexibility index (Phi) is 49.2. The van der Waals surface area contributed by atoms with E-state index in [1.54, 1.807) is 0 Å². The number of nitrogens with zero attached hydrogens (tertiary/aromatic N) is 1. The molecular formula is C62H110N2O7P+. The smallest absolute Gasteiger partial charge is 0.456 e. The number of nitrogens with one attached hydrogen (secondary N) is 1. The molecule has 3 unspecified atom stereocenters. The van der Waals surface area contributed by atoms with Gasteiger partial charge in [0.2, 0.25) is 5.91 Å².